The van der Waals surface area contributed by atoms with Crippen LogP contribution in [-0.4, -0.2) is 26.6 Å². The van der Waals surface area contributed by atoms with Crippen molar-refractivity contribution < 1.29 is 32.8 Å². The van der Waals surface area contributed by atoms with Crippen molar-refractivity contribution in [3.8, 4) is 5.75 Å². The maximum absolute atomic E-state index is 13.5. The Balaban J connectivity index is 1.79. The third kappa shape index (κ3) is 5.48. The lowest BCUT2D eigenvalue weighted by Gasteiger charge is -2.14. The van der Waals surface area contributed by atoms with Crippen LogP contribution in [0.2, 0.25) is 0 Å². The van der Waals surface area contributed by atoms with Crippen LogP contribution in [-0.2, 0) is 10.0 Å². The van der Waals surface area contributed by atoms with Gasteiger partial charge in [-0.1, -0.05) is 0 Å². The third-order valence-corrected chi connectivity index (χ3v) is 5.80. The summed E-state index contributed by atoms with van der Waals surface area (Å²) >= 11 is 0. The standard InChI is InChI=1S/C20H17FN4O7S/c1-32-19-9-5-14(23-27)10-17(19)24-33(30,31)15-6-2-12(3-7-15)20(26)22-13-4-8-16(21)18(11-13)25(28)29/h2-11,24-25,28H,1H3,(H,22,26). The van der Waals surface area contributed by atoms with E-state index in [0.717, 1.165) is 12.1 Å². The summed E-state index contributed by atoms with van der Waals surface area (Å²) < 4.78 is 46.3. The molecule has 172 valence electrons. The van der Waals surface area contributed by atoms with Crippen LogP contribution in [0.1, 0.15) is 10.4 Å². The molecule has 0 aliphatic rings. The van der Waals surface area contributed by atoms with E-state index in [1.54, 1.807) is 0 Å². The predicted octanol–water partition coefficient (Wildman–Crippen LogP) is 2.69. The fraction of sp³-hybridized carbons (Fsp3) is 0.0500. The molecule has 3 rings (SSSR count). The summed E-state index contributed by atoms with van der Waals surface area (Å²) in [5, 5.41) is 23.7. The van der Waals surface area contributed by atoms with Gasteiger partial charge in [0.2, 0.25) is 5.69 Å². The molecule has 0 radical (unpaired) electrons. The molecular formula is C20H17FN4O7S. The second-order valence-corrected chi connectivity index (χ2v) is 8.24. The minimum Gasteiger partial charge on any atom is -0.595 e. The highest BCUT2D eigenvalue weighted by molar-refractivity contribution is 7.92. The molecule has 0 saturated heterocycles. The van der Waals surface area contributed by atoms with Crippen LogP contribution in [0, 0.1) is 15.9 Å². The molecule has 4 N–H and O–H groups in total. The van der Waals surface area contributed by atoms with Crippen LogP contribution in [0.5, 0.6) is 5.75 Å². The first-order valence-corrected chi connectivity index (χ1v) is 10.6. The molecule has 0 spiro atoms. The Morgan fingerprint density at radius 1 is 1.12 bits per heavy atom. The lowest BCUT2D eigenvalue weighted by Crippen LogP contribution is -2.99. The molecule has 0 aliphatic heterocycles. The number of rotatable bonds is 8. The van der Waals surface area contributed by atoms with E-state index in [1.165, 1.54) is 55.6 Å². The van der Waals surface area contributed by atoms with Crippen molar-refractivity contribution in [1.82, 2.24) is 0 Å². The molecule has 13 heteroatoms. The second-order valence-electron chi connectivity index (χ2n) is 6.56. The zero-order valence-corrected chi connectivity index (χ0v) is 17.7. The van der Waals surface area contributed by atoms with E-state index < -0.39 is 32.7 Å². The Kier molecular flexibility index (Phi) is 6.98. The summed E-state index contributed by atoms with van der Waals surface area (Å²) in [6, 6.07) is 11.9. The first-order valence-electron chi connectivity index (χ1n) is 9.13. The Bertz CT molecular complexity index is 1300. The van der Waals surface area contributed by atoms with Gasteiger partial charge in [0, 0.05) is 17.3 Å². The Morgan fingerprint density at radius 3 is 2.42 bits per heavy atom. The van der Waals surface area contributed by atoms with Crippen molar-refractivity contribution in [3.05, 3.63) is 82.2 Å². The number of quaternary nitrogens is 1. The van der Waals surface area contributed by atoms with Gasteiger partial charge in [-0.25, -0.2) is 18.0 Å². The Morgan fingerprint density at radius 2 is 1.82 bits per heavy atom. The molecule has 1 atom stereocenters. The van der Waals surface area contributed by atoms with Crippen LogP contribution >= 0.6 is 0 Å². The topological polar surface area (TPSA) is 162 Å². The van der Waals surface area contributed by atoms with Gasteiger partial charge in [-0.05, 0) is 59.8 Å². The predicted molar refractivity (Wildman–Crippen MR) is 116 cm³/mol. The maximum atomic E-state index is 13.5. The van der Waals surface area contributed by atoms with E-state index in [1.807, 2.05) is 0 Å². The molecular weight excluding hydrogens is 459 g/mol. The highest BCUT2D eigenvalue weighted by Gasteiger charge is 2.18. The summed E-state index contributed by atoms with van der Waals surface area (Å²) in [6.45, 7) is 0. The van der Waals surface area contributed by atoms with E-state index in [2.05, 4.69) is 15.2 Å². The summed E-state index contributed by atoms with van der Waals surface area (Å²) in [6.07, 6.45) is 0. The van der Waals surface area contributed by atoms with Crippen molar-refractivity contribution in [3.63, 3.8) is 0 Å². The number of methoxy groups -OCH3 is 1. The lowest BCUT2D eigenvalue weighted by atomic mass is 10.2. The number of nitrogens with zero attached hydrogens (tertiary/aromatic N) is 1. The van der Waals surface area contributed by atoms with Crippen LogP contribution in [0.15, 0.2) is 70.7 Å². The largest absolute Gasteiger partial charge is 0.595 e. The number of sulfonamides is 1. The van der Waals surface area contributed by atoms with Gasteiger partial charge in [-0.2, -0.15) is 5.23 Å². The fourth-order valence-electron chi connectivity index (χ4n) is 2.79. The van der Waals surface area contributed by atoms with Crippen molar-refractivity contribution in [2.45, 2.75) is 4.90 Å². The quantitative estimate of drug-likeness (QED) is 0.287. The number of nitrogens with one attached hydrogen (secondary N) is 3. The highest BCUT2D eigenvalue weighted by atomic mass is 32.2. The maximum Gasteiger partial charge on any atom is 0.262 e. The van der Waals surface area contributed by atoms with Gasteiger partial charge in [-0.15, -0.1) is 4.91 Å². The van der Waals surface area contributed by atoms with E-state index in [0.29, 0.717) is 0 Å². The molecule has 3 aromatic carbocycles. The Hall–Kier alpha value is -3.91. The zero-order valence-electron chi connectivity index (χ0n) is 16.9. The van der Waals surface area contributed by atoms with E-state index in [-0.39, 0.29) is 33.3 Å². The molecule has 3 aromatic rings. The third-order valence-electron chi connectivity index (χ3n) is 4.41. The minimum absolute atomic E-state index is 0.00182. The number of halogens is 1. The number of benzene rings is 3. The average molecular weight is 476 g/mol. The van der Waals surface area contributed by atoms with E-state index in [9.17, 15) is 27.7 Å². The van der Waals surface area contributed by atoms with Gasteiger partial charge < -0.3 is 15.3 Å². The number of nitroso groups, excluding NO2 is 1. The van der Waals surface area contributed by atoms with Crippen molar-refractivity contribution in [2.75, 3.05) is 17.1 Å². The molecule has 11 nitrogen and oxygen atoms in total. The summed E-state index contributed by atoms with van der Waals surface area (Å²) in [5.74, 6) is -1.45. The zero-order chi connectivity index (χ0) is 24.2. The molecule has 0 saturated carbocycles. The smallest absolute Gasteiger partial charge is 0.262 e. The van der Waals surface area contributed by atoms with Crippen LogP contribution < -0.4 is 20.0 Å². The number of hydrogen-bond acceptors (Lipinski definition) is 8. The molecule has 0 bridgehead atoms. The van der Waals surface area contributed by atoms with E-state index in [4.69, 9.17) is 9.94 Å². The second kappa shape index (κ2) is 9.70. The molecule has 0 aliphatic carbocycles. The number of hydrogen-bond donors (Lipinski definition) is 4. The average Bonchev–Trinajstić information content (AvgIpc) is 2.79. The summed E-state index contributed by atoms with van der Waals surface area (Å²) in [4.78, 5) is 23.0. The van der Waals surface area contributed by atoms with Gasteiger partial charge in [0.15, 0.2) is 5.82 Å². The van der Waals surface area contributed by atoms with Crippen LogP contribution in [0.4, 0.5) is 27.1 Å². The van der Waals surface area contributed by atoms with Crippen LogP contribution in [0.25, 0.3) is 0 Å². The highest BCUT2D eigenvalue weighted by Crippen LogP contribution is 2.31. The number of carbonyl (C=O) groups excluding carboxylic acids is 1. The first-order chi connectivity index (χ1) is 15.6. The monoisotopic (exact) mass is 476 g/mol. The van der Waals surface area contributed by atoms with Gasteiger partial charge in [0.25, 0.3) is 15.9 Å². The summed E-state index contributed by atoms with van der Waals surface area (Å²) in [7, 11) is -2.78. The normalized spacial score (nSPS) is 12.0. The van der Waals surface area contributed by atoms with Gasteiger partial charge in [-0.3, -0.25) is 9.52 Å². The number of ether oxygens (including phenoxy) is 1. The van der Waals surface area contributed by atoms with Crippen LogP contribution in [0.3, 0.4) is 0 Å². The van der Waals surface area contributed by atoms with E-state index >= 15 is 0 Å². The van der Waals surface area contributed by atoms with Gasteiger partial charge in [0.1, 0.15) is 11.4 Å². The molecule has 1 unspecified atom stereocenters. The number of amides is 1. The minimum atomic E-state index is -4.10. The fourth-order valence-corrected chi connectivity index (χ4v) is 3.85. The molecule has 0 heterocycles. The van der Waals surface area contributed by atoms with Crippen molar-refractivity contribution in [1.29, 1.82) is 0 Å². The number of carbonyl (C=O) groups is 1. The molecule has 1 amide bonds. The number of anilines is 2. The van der Waals surface area contributed by atoms with Crippen molar-refractivity contribution in [2.24, 2.45) is 5.18 Å². The first kappa shape index (κ1) is 23.7. The lowest BCUT2D eigenvalue weighted by molar-refractivity contribution is -0.992. The molecule has 0 fully saturated rings. The molecule has 0 aromatic heterocycles. The van der Waals surface area contributed by atoms with Crippen molar-refractivity contribution >= 4 is 38.7 Å². The van der Waals surface area contributed by atoms with Gasteiger partial charge >= 0.3 is 0 Å². The van der Waals surface area contributed by atoms with Gasteiger partial charge in [0.05, 0.1) is 17.7 Å². The Labute approximate surface area is 187 Å². The summed E-state index contributed by atoms with van der Waals surface area (Å²) in [5.41, 5.74) is -0.494. The SMILES string of the molecule is COc1ccc(N=O)cc1NS(=O)(=O)c1ccc(C(=O)Nc2ccc(F)c([NH+]([O-])O)c2)cc1. The molecule has 33 heavy (non-hydrogen) atoms.